The van der Waals surface area contributed by atoms with Gasteiger partial charge < -0.3 is 24.4 Å². The second kappa shape index (κ2) is 7.46. The molecule has 0 saturated carbocycles. The van der Waals surface area contributed by atoms with Gasteiger partial charge in [0.1, 0.15) is 17.7 Å². The quantitative estimate of drug-likeness (QED) is 0.865. The number of nitrogens with zero attached hydrogens (tertiary/aromatic N) is 4. The number of ether oxygens (including phenoxy) is 2. The van der Waals surface area contributed by atoms with Crippen LogP contribution in [0.1, 0.15) is 27.2 Å². The van der Waals surface area contributed by atoms with Crippen LogP contribution < -0.4 is 9.64 Å². The van der Waals surface area contributed by atoms with Gasteiger partial charge in [-0.3, -0.25) is 0 Å². The number of methoxy groups -OCH3 is 1. The maximum atomic E-state index is 12.4. The smallest absolute Gasteiger partial charge is 0.410 e. The fraction of sp³-hybridized carbons (Fsp3) is 0.526. The zero-order chi connectivity index (χ0) is 19.6. The molecule has 0 unspecified atom stereocenters. The van der Waals surface area contributed by atoms with Gasteiger partial charge in [-0.2, -0.15) is 0 Å². The summed E-state index contributed by atoms with van der Waals surface area (Å²) >= 11 is 0. The van der Waals surface area contributed by atoms with E-state index >= 15 is 0 Å². The number of phenols is 1. The molecule has 0 spiro atoms. The van der Waals surface area contributed by atoms with Crippen LogP contribution in [0, 0.1) is 0 Å². The maximum Gasteiger partial charge on any atom is 0.410 e. The standard InChI is InChI=1S/C19H26N4O4/c1-19(2,3)27-18(25)23-7-5-6-22(8-9-23)17-13-10-16(26-4)15(24)11-14(13)20-12-21-17/h10-12,24H,5-9H2,1-4H3. The fourth-order valence-corrected chi connectivity index (χ4v) is 3.11. The number of anilines is 1. The van der Waals surface area contributed by atoms with E-state index < -0.39 is 5.60 Å². The van der Waals surface area contributed by atoms with Crippen LogP contribution in [0.2, 0.25) is 0 Å². The topological polar surface area (TPSA) is 88.0 Å². The van der Waals surface area contributed by atoms with Crippen LogP contribution in [0.25, 0.3) is 10.9 Å². The van der Waals surface area contributed by atoms with Crippen molar-refractivity contribution in [1.29, 1.82) is 0 Å². The largest absolute Gasteiger partial charge is 0.504 e. The lowest BCUT2D eigenvalue weighted by Crippen LogP contribution is -2.39. The predicted molar refractivity (Wildman–Crippen MR) is 102 cm³/mol. The minimum absolute atomic E-state index is 0.0432. The summed E-state index contributed by atoms with van der Waals surface area (Å²) in [5, 5.41) is 10.8. The van der Waals surface area contributed by atoms with Crippen LogP contribution in [-0.4, -0.2) is 65.0 Å². The Morgan fingerprint density at radius 2 is 1.93 bits per heavy atom. The molecule has 27 heavy (non-hydrogen) atoms. The van der Waals surface area contributed by atoms with E-state index in [2.05, 4.69) is 14.9 Å². The molecule has 1 saturated heterocycles. The third kappa shape index (κ3) is 4.32. The van der Waals surface area contributed by atoms with Gasteiger partial charge in [-0.15, -0.1) is 0 Å². The zero-order valence-electron chi connectivity index (χ0n) is 16.2. The number of rotatable bonds is 2. The second-order valence-electron chi connectivity index (χ2n) is 7.55. The van der Waals surface area contributed by atoms with Gasteiger partial charge in [0.05, 0.1) is 12.6 Å². The first-order valence-electron chi connectivity index (χ1n) is 9.03. The van der Waals surface area contributed by atoms with Crippen LogP contribution >= 0.6 is 0 Å². The molecule has 1 aromatic carbocycles. The summed E-state index contributed by atoms with van der Waals surface area (Å²) in [6, 6.07) is 3.32. The minimum atomic E-state index is -0.509. The highest BCUT2D eigenvalue weighted by molar-refractivity contribution is 5.92. The highest BCUT2D eigenvalue weighted by Crippen LogP contribution is 2.34. The first kappa shape index (κ1) is 19.0. The molecule has 3 rings (SSSR count). The Balaban J connectivity index is 1.82. The molecule has 0 atom stereocenters. The monoisotopic (exact) mass is 374 g/mol. The van der Waals surface area contributed by atoms with Gasteiger partial charge in [0, 0.05) is 37.6 Å². The molecule has 8 heteroatoms. The Hall–Kier alpha value is -2.77. The molecule has 1 amide bonds. The van der Waals surface area contributed by atoms with Gasteiger partial charge in [-0.05, 0) is 33.3 Å². The summed E-state index contributed by atoms with van der Waals surface area (Å²) in [6.07, 6.45) is 2.00. The van der Waals surface area contributed by atoms with Crippen LogP contribution in [-0.2, 0) is 4.74 Å². The number of carbonyl (C=O) groups is 1. The lowest BCUT2D eigenvalue weighted by atomic mass is 10.2. The van der Waals surface area contributed by atoms with Crippen molar-refractivity contribution in [2.75, 3.05) is 38.2 Å². The highest BCUT2D eigenvalue weighted by atomic mass is 16.6. The Kier molecular flexibility index (Phi) is 5.25. The van der Waals surface area contributed by atoms with Crippen molar-refractivity contribution in [2.45, 2.75) is 32.8 Å². The minimum Gasteiger partial charge on any atom is -0.504 e. The van der Waals surface area contributed by atoms with Crippen LogP contribution in [0.15, 0.2) is 18.5 Å². The summed E-state index contributed by atoms with van der Waals surface area (Å²) in [5.74, 6) is 1.19. The number of aromatic hydroxyl groups is 1. The Morgan fingerprint density at radius 3 is 2.63 bits per heavy atom. The van der Waals surface area contributed by atoms with Crippen molar-refractivity contribution < 1.29 is 19.4 Å². The third-order valence-electron chi connectivity index (χ3n) is 4.36. The van der Waals surface area contributed by atoms with E-state index in [0.29, 0.717) is 30.9 Å². The van der Waals surface area contributed by atoms with Gasteiger partial charge in [0.25, 0.3) is 0 Å². The predicted octanol–water partition coefficient (Wildman–Crippen LogP) is 2.79. The Labute approximate surface area is 158 Å². The van der Waals surface area contributed by atoms with E-state index in [1.807, 2.05) is 20.8 Å². The van der Waals surface area contributed by atoms with Gasteiger partial charge in [0.15, 0.2) is 11.5 Å². The summed E-state index contributed by atoms with van der Waals surface area (Å²) in [5.41, 5.74) is 0.136. The molecular formula is C19H26N4O4. The van der Waals surface area contributed by atoms with Crippen molar-refractivity contribution >= 4 is 22.8 Å². The molecule has 0 bridgehead atoms. The molecule has 2 heterocycles. The second-order valence-corrected chi connectivity index (χ2v) is 7.55. The van der Waals surface area contributed by atoms with Crippen molar-refractivity contribution in [1.82, 2.24) is 14.9 Å². The molecular weight excluding hydrogens is 348 g/mol. The molecule has 0 aliphatic carbocycles. The fourth-order valence-electron chi connectivity index (χ4n) is 3.11. The average Bonchev–Trinajstić information content (AvgIpc) is 2.85. The molecule has 1 aromatic heterocycles. The van der Waals surface area contributed by atoms with Crippen LogP contribution in [0.5, 0.6) is 11.5 Å². The van der Waals surface area contributed by atoms with Gasteiger partial charge in [0.2, 0.25) is 0 Å². The van der Waals surface area contributed by atoms with Crippen molar-refractivity contribution in [3.63, 3.8) is 0 Å². The number of aromatic nitrogens is 2. The van der Waals surface area contributed by atoms with Gasteiger partial charge in [-0.25, -0.2) is 14.8 Å². The lowest BCUT2D eigenvalue weighted by molar-refractivity contribution is 0.0263. The summed E-state index contributed by atoms with van der Waals surface area (Å²) in [6.45, 7) is 8.18. The molecule has 146 valence electrons. The van der Waals surface area contributed by atoms with E-state index in [1.54, 1.807) is 17.0 Å². The molecule has 1 N–H and O–H groups in total. The zero-order valence-corrected chi connectivity index (χ0v) is 16.2. The van der Waals surface area contributed by atoms with E-state index in [0.717, 1.165) is 24.2 Å². The Bertz CT molecular complexity index is 834. The highest BCUT2D eigenvalue weighted by Gasteiger charge is 2.25. The van der Waals surface area contributed by atoms with Gasteiger partial charge in [-0.1, -0.05) is 0 Å². The Morgan fingerprint density at radius 1 is 1.15 bits per heavy atom. The number of amides is 1. The summed E-state index contributed by atoms with van der Waals surface area (Å²) in [4.78, 5) is 24.9. The third-order valence-corrected chi connectivity index (χ3v) is 4.36. The van der Waals surface area contributed by atoms with Crippen molar-refractivity contribution in [2.24, 2.45) is 0 Å². The van der Waals surface area contributed by atoms with E-state index in [1.165, 1.54) is 13.4 Å². The first-order chi connectivity index (χ1) is 12.8. The van der Waals surface area contributed by atoms with Crippen LogP contribution in [0.4, 0.5) is 10.6 Å². The van der Waals surface area contributed by atoms with E-state index in [9.17, 15) is 9.90 Å². The molecule has 2 aromatic rings. The lowest BCUT2D eigenvalue weighted by Gasteiger charge is -2.27. The van der Waals surface area contributed by atoms with E-state index in [-0.39, 0.29) is 11.8 Å². The van der Waals surface area contributed by atoms with Gasteiger partial charge >= 0.3 is 6.09 Å². The van der Waals surface area contributed by atoms with Crippen molar-refractivity contribution in [3.05, 3.63) is 18.5 Å². The number of benzene rings is 1. The number of fused-ring (bicyclic) bond motifs is 1. The normalized spacial score (nSPS) is 15.6. The molecule has 1 aliphatic heterocycles. The van der Waals surface area contributed by atoms with Crippen LogP contribution in [0.3, 0.4) is 0 Å². The SMILES string of the molecule is COc1cc2c(N3CCCN(C(=O)OC(C)(C)C)CC3)ncnc2cc1O. The number of hydrogen-bond acceptors (Lipinski definition) is 7. The molecule has 1 aliphatic rings. The number of carbonyl (C=O) groups excluding carboxylic acids is 1. The number of hydrogen-bond donors (Lipinski definition) is 1. The summed E-state index contributed by atoms with van der Waals surface area (Å²) < 4.78 is 10.7. The van der Waals surface area contributed by atoms with Crippen molar-refractivity contribution in [3.8, 4) is 11.5 Å². The summed E-state index contributed by atoms with van der Waals surface area (Å²) in [7, 11) is 1.51. The average molecular weight is 374 g/mol. The van der Waals surface area contributed by atoms with E-state index in [4.69, 9.17) is 9.47 Å². The first-order valence-corrected chi connectivity index (χ1v) is 9.03. The number of phenolic OH excluding ortho intramolecular Hbond substituents is 1. The maximum absolute atomic E-state index is 12.4. The molecule has 8 nitrogen and oxygen atoms in total. The molecule has 0 radical (unpaired) electrons. The molecule has 1 fully saturated rings.